The summed E-state index contributed by atoms with van der Waals surface area (Å²) in [5.74, 6) is 1.16. The quantitative estimate of drug-likeness (QED) is 0.415. The molecular weight excluding hydrogens is 96.1 g/mol. The summed E-state index contributed by atoms with van der Waals surface area (Å²) in [4.78, 5) is 0. The molecule has 0 aliphatic heterocycles. The Hall–Kier alpha value is -0.260. The summed E-state index contributed by atoms with van der Waals surface area (Å²) in [5.41, 5.74) is 2.69. The van der Waals surface area contributed by atoms with Crippen molar-refractivity contribution < 1.29 is 0 Å². The Morgan fingerprint density at radius 1 is 1.62 bits per heavy atom. The molecule has 2 atom stereocenters. The van der Waals surface area contributed by atoms with Gasteiger partial charge in [-0.15, -0.1) is 0 Å². The minimum atomic E-state index is 0.873. The van der Waals surface area contributed by atoms with Crippen molar-refractivity contribution >= 4 is 0 Å². The molecule has 0 bridgehead atoms. The molecule has 3 aliphatic rings. The van der Waals surface area contributed by atoms with E-state index in [2.05, 4.69) is 6.08 Å². The molecule has 0 radical (unpaired) electrons. The molecule has 0 nitrogen and oxygen atoms in total. The Morgan fingerprint density at radius 3 is 3.38 bits per heavy atom. The SMILES string of the molecule is C1=C2CC23CC3CC1. The Balaban J connectivity index is 2.14. The van der Waals surface area contributed by atoms with E-state index in [0.29, 0.717) is 0 Å². The summed E-state index contributed by atoms with van der Waals surface area (Å²) in [7, 11) is 0. The van der Waals surface area contributed by atoms with E-state index in [1.165, 1.54) is 19.3 Å². The van der Waals surface area contributed by atoms with E-state index in [9.17, 15) is 0 Å². The van der Waals surface area contributed by atoms with Gasteiger partial charge in [0.2, 0.25) is 0 Å². The molecule has 0 saturated heterocycles. The van der Waals surface area contributed by atoms with Crippen LogP contribution < -0.4 is 0 Å². The monoisotopic (exact) mass is 106 g/mol. The summed E-state index contributed by atoms with van der Waals surface area (Å²) in [5, 5.41) is 0. The van der Waals surface area contributed by atoms with Gasteiger partial charge < -0.3 is 0 Å². The molecular formula is C8H10. The smallest absolute Gasteiger partial charge is 0.00189 e. The second kappa shape index (κ2) is 0.792. The molecule has 8 heavy (non-hydrogen) atoms. The van der Waals surface area contributed by atoms with Gasteiger partial charge in [-0.25, -0.2) is 0 Å². The molecule has 0 amide bonds. The molecule has 1 spiro atoms. The van der Waals surface area contributed by atoms with E-state index >= 15 is 0 Å². The predicted octanol–water partition coefficient (Wildman–Crippen LogP) is 2.12. The normalized spacial score (nSPS) is 56.0. The van der Waals surface area contributed by atoms with Gasteiger partial charge in [-0.3, -0.25) is 0 Å². The standard InChI is InChI=1S/C8H10/c1-2-6-4-8(6)5-7(8)3-1/h2,7H,1,3-5H2. The van der Waals surface area contributed by atoms with Gasteiger partial charge in [-0.2, -0.15) is 0 Å². The molecule has 0 aromatic rings. The maximum atomic E-state index is 2.48. The van der Waals surface area contributed by atoms with E-state index in [0.717, 1.165) is 11.3 Å². The molecule has 0 aromatic heterocycles. The highest BCUT2D eigenvalue weighted by molar-refractivity contribution is 5.43. The van der Waals surface area contributed by atoms with Crippen molar-refractivity contribution in [2.24, 2.45) is 11.3 Å². The van der Waals surface area contributed by atoms with Gasteiger partial charge in [-0.05, 0) is 37.0 Å². The topological polar surface area (TPSA) is 0 Å². The summed E-state index contributed by atoms with van der Waals surface area (Å²) in [6.07, 6.45) is 8.41. The van der Waals surface area contributed by atoms with Crippen LogP contribution in [0.2, 0.25) is 0 Å². The highest BCUT2D eigenvalue weighted by Gasteiger charge is 2.67. The van der Waals surface area contributed by atoms with Crippen molar-refractivity contribution in [2.45, 2.75) is 25.7 Å². The Labute approximate surface area is 49.6 Å². The van der Waals surface area contributed by atoms with E-state index < -0.39 is 0 Å². The lowest BCUT2D eigenvalue weighted by Gasteiger charge is -1.96. The van der Waals surface area contributed by atoms with Crippen LogP contribution in [-0.4, -0.2) is 0 Å². The molecule has 3 aliphatic carbocycles. The Bertz CT molecular complexity index is 176. The Morgan fingerprint density at radius 2 is 2.62 bits per heavy atom. The fourth-order valence-electron chi connectivity index (χ4n) is 2.40. The van der Waals surface area contributed by atoms with Gasteiger partial charge in [0, 0.05) is 0 Å². The van der Waals surface area contributed by atoms with E-state index in [1.807, 2.05) is 5.57 Å². The maximum Gasteiger partial charge on any atom is -0.00189 e. The van der Waals surface area contributed by atoms with Crippen LogP contribution >= 0.6 is 0 Å². The van der Waals surface area contributed by atoms with Crippen molar-refractivity contribution in [1.82, 2.24) is 0 Å². The summed E-state index contributed by atoms with van der Waals surface area (Å²) in [6, 6.07) is 0. The van der Waals surface area contributed by atoms with Gasteiger partial charge >= 0.3 is 0 Å². The van der Waals surface area contributed by atoms with Crippen molar-refractivity contribution in [3.63, 3.8) is 0 Å². The summed E-state index contributed by atoms with van der Waals surface area (Å²) in [6.45, 7) is 0. The average molecular weight is 106 g/mol. The first-order valence-electron chi connectivity index (χ1n) is 3.61. The second-order valence-corrected chi connectivity index (χ2v) is 3.54. The number of hydrogen-bond acceptors (Lipinski definition) is 0. The lowest BCUT2D eigenvalue weighted by molar-refractivity contribution is 0.648. The third-order valence-corrected chi connectivity index (χ3v) is 3.16. The van der Waals surface area contributed by atoms with Crippen molar-refractivity contribution in [3.8, 4) is 0 Å². The largest absolute Gasteiger partial charge is 0.0847 e. The van der Waals surface area contributed by atoms with E-state index in [4.69, 9.17) is 0 Å². The fraction of sp³-hybridized carbons (Fsp3) is 0.750. The molecule has 42 valence electrons. The van der Waals surface area contributed by atoms with Crippen LogP contribution in [0, 0.1) is 11.3 Å². The Kier molecular flexibility index (Phi) is 0.367. The number of hydrogen-bond donors (Lipinski definition) is 0. The van der Waals surface area contributed by atoms with Crippen LogP contribution in [0.15, 0.2) is 11.6 Å². The van der Waals surface area contributed by atoms with Crippen LogP contribution in [-0.2, 0) is 0 Å². The predicted molar refractivity (Wildman–Crippen MR) is 32.5 cm³/mol. The van der Waals surface area contributed by atoms with Crippen molar-refractivity contribution in [1.29, 1.82) is 0 Å². The highest BCUT2D eigenvalue weighted by atomic mass is 14.7. The van der Waals surface area contributed by atoms with Gasteiger partial charge in [0.25, 0.3) is 0 Å². The number of rotatable bonds is 0. The molecule has 2 unspecified atom stereocenters. The molecule has 0 aromatic carbocycles. The summed E-state index contributed by atoms with van der Waals surface area (Å²) < 4.78 is 0. The van der Waals surface area contributed by atoms with Crippen LogP contribution in [0.25, 0.3) is 0 Å². The molecule has 0 heteroatoms. The van der Waals surface area contributed by atoms with Crippen LogP contribution in [0.4, 0.5) is 0 Å². The first-order valence-corrected chi connectivity index (χ1v) is 3.61. The molecule has 2 saturated carbocycles. The van der Waals surface area contributed by atoms with Crippen LogP contribution in [0.1, 0.15) is 25.7 Å². The zero-order valence-corrected chi connectivity index (χ0v) is 4.98. The molecule has 0 heterocycles. The van der Waals surface area contributed by atoms with Crippen LogP contribution in [0.5, 0.6) is 0 Å². The minimum Gasteiger partial charge on any atom is -0.0847 e. The van der Waals surface area contributed by atoms with E-state index in [1.54, 1.807) is 6.42 Å². The molecule has 0 N–H and O–H groups in total. The highest BCUT2D eigenvalue weighted by Crippen LogP contribution is 2.77. The van der Waals surface area contributed by atoms with Crippen LogP contribution in [0.3, 0.4) is 0 Å². The van der Waals surface area contributed by atoms with Crippen molar-refractivity contribution in [3.05, 3.63) is 11.6 Å². The average Bonchev–Trinajstić information content (AvgIpc) is 2.45. The van der Waals surface area contributed by atoms with Gasteiger partial charge in [-0.1, -0.05) is 11.6 Å². The van der Waals surface area contributed by atoms with E-state index in [-0.39, 0.29) is 0 Å². The minimum absolute atomic E-state index is 0.873. The zero-order valence-electron chi connectivity index (χ0n) is 4.98. The third-order valence-electron chi connectivity index (χ3n) is 3.16. The molecule has 2 fully saturated rings. The first kappa shape index (κ1) is 3.71. The lowest BCUT2D eigenvalue weighted by Crippen LogP contribution is -1.84. The number of allylic oxidation sites excluding steroid dienone is 2. The van der Waals surface area contributed by atoms with Gasteiger partial charge in [0.05, 0.1) is 0 Å². The van der Waals surface area contributed by atoms with Crippen molar-refractivity contribution in [2.75, 3.05) is 0 Å². The zero-order chi connectivity index (χ0) is 5.19. The van der Waals surface area contributed by atoms with Gasteiger partial charge in [0.1, 0.15) is 0 Å². The third kappa shape index (κ3) is 0.229. The first-order chi connectivity index (χ1) is 3.92. The maximum absolute atomic E-state index is 2.48. The molecule has 3 rings (SSSR count). The lowest BCUT2D eigenvalue weighted by atomic mass is 10.1. The second-order valence-electron chi connectivity index (χ2n) is 3.54. The fourth-order valence-corrected chi connectivity index (χ4v) is 2.40. The summed E-state index contributed by atoms with van der Waals surface area (Å²) >= 11 is 0. The van der Waals surface area contributed by atoms with Gasteiger partial charge in [0.15, 0.2) is 0 Å².